The van der Waals surface area contributed by atoms with Crippen molar-refractivity contribution >= 4 is 23.2 Å². The highest BCUT2D eigenvalue weighted by atomic mass is 35.5. The SMILES string of the molecule is Cc1c(C(=O)NCCCCN2CCN(c3ccccc3)CC2)cnn1-c1cccc(Cl)c1. The van der Waals surface area contributed by atoms with Gasteiger partial charge >= 0.3 is 0 Å². The molecule has 0 unspecified atom stereocenters. The van der Waals surface area contributed by atoms with Crippen LogP contribution in [0, 0.1) is 6.92 Å². The van der Waals surface area contributed by atoms with Crippen molar-refractivity contribution in [2.45, 2.75) is 19.8 Å². The zero-order valence-corrected chi connectivity index (χ0v) is 19.3. The van der Waals surface area contributed by atoms with Gasteiger partial charge in [-0.25, -0.2) is 4.68 Å². The molecule has 0 bridgehead atoms. The number of hydrogen-bond donors (Lipinski definition) is 1. The number of para-hydroxylation sites is 1. The smallest absolute Gasteiger partial charge is 0.254 e. The fourth-order valence-corrected chi connectivity index (χ4v) is 4.31. The third-order valence-electron chi connectivity index (χ3n) is 5.99. The van der Waals surface area contributed by atoms with Crippen LogP contribution in [-0.4, -0.2) is 59.9 Å². The quantitative estimate of drug-likeness (QED) is 0.522. The molecule has 1 aliphatic rings. The normalized spacial score (nSPS) is 14.5. The van der Waals surface area contributed by atoms with E-state index in [1.807, 2.05) is 31.2 Å². The first kappa shape index (κ1) is 22.4. The lowest BCUT2D eigenvalue weighted by molar-refractivity contribution is 0.0952. The van der Waals surface area contributed by atoms with Gasteiger partial charge < -0.3 is 10.2 Å². The van der Waals surface area contributed by atoms with Crippen molar-refractivity contribution in [3.63, 3.8) is 0 Å². The van der Waals surface area contributed by atoms with Crippen LogP contribution in [0.1, 0.15) is 28.9 Å². The van der Waals surface area contributed by atoms with Gasteiger partial charge in [0.15, 0.2) is 0 Å². The number of halogens is 1. The minimum atomic E-state index is -0.0766. The lowest BCUT2D eigenvalue weighted by Crippen LogP contribution is -2.46. The van der Waals surface area contributed by atoms with E-state index in [9.17, 15) is 4.79 Å². The van der Waals surface area contributed by atoms with E-state index >= 15 is 0 Å². The van der Waals surface area contributed by atoms with Crippen LogP contribution < -0.4 is 10.2 Å². The number of carbonyl (C=O) groups is 1. The van der Waals surface area contributed by atoms with Crippen LogP contribution in [0.5, 0.6) is 0 Å². The number of nitrogens with one attached hydrogen (secondary N) is 1. The molecule has 1 N–H and O–H groups in total. The Morgan fingerprint density at radius 3 is 2.50 bits per heavy atom. The summed E-state index contributed by atoms with van der Waals surface area (Å²) in [6.07, 6.45) is 3.66. The zero-order chi connectivity index (χ0) is 22.3. The molecule has 0 atom stereocenters. The van der Waals surface area contributed by atoms with E-state index in [1.54, 1.807) is 10.9 Å². The summed E-state index contributed by atoms with van der Waals surface area (Å²) in [6.45, 7) is 7.95. The van der Waals surface area contributed by atoms with E-state index in [4.69, 9.17) is 11.6 Å². The molecular formula is C25H30ClN5O. The van der Waals surface area contributed by atoms with Gasteiger partial charge in [-0.15, -0.1) is 0 Å². The van der Waals surface area contributed by atoms with Crippen LogP contribution in [0.15, 0.2) is 60.8 Å². The second-order valence-corrected chi connectivity index (χ2v) is 8.60. The van der Waals surface area contributed by atoms with Crippen LogP contribution in [0.2, 0.25) is 5.02 Å². The lowest BCUT2D eigenvalue weighted by Gasteiger charge is -2.36. The van der Waals surface area contributed by atoms with Gasteiger partial charge in [0, 0.05) is 43.4 Å². The average Bonchev–Trinajstić information content (AvgIpc) is 3.21. The molecule has 0 aliphatic carbocycles. The molecule has 32 heavy (non-hydrogen) atoms. The van der Waals surface area contributed by atoms with Crippen LogP contribution >= 0.6 is 11.6 Å². The molecule has 1 fully saturated rings. The number of carbonyl (C=O) groups excluding carboxylic acids is 1. The Labute approximate surface area is 194 Å². The summed E-state index contributed by atoms with van der Waals surface area (Å²) < 4.78 is 1.75. The largest absolute Gasteiger partial charge is 0.369 e. The predicted octanol–water partition coefficient (Wildman–Crippen LogP) is 4.17. The third-order valence-corrected chi connectivity index (χ3v) is 6.22. The van der Waals surface area contributed by atoms with Crippen molar-refractivity contribution < 1.29 is 4.79 Å². The molecule has 3 aromatic rings. The average molecular weight is 452 g/mol. The Hall–Kier alpha value is -2.83. The monoisotopic (exact) mass is 451 g/mol. The van der Waals surface area contributed by atoms with Crippen LogP contribution in [0.4, 0.5) is 5.69 Å². The molecule has 2 aromatic carbocycles. The predicted molar refractivity (Wildman–Crippen MR) is 130 cm³/mol. The summed E-state index contributed by atoms with van der Waals surface area (Å²) in [4.78, 5) is 17.6. The van der Waals surface area contributed by atoms with Gasteiger partial charge in [-0.3, -0.25) is 9.69 Å². The number of hydrogen-bond acceptors (Lipinski definition) is 4. The highest BCUT2D eigenvalue weighted by Gasteiger charge is 2.17. The third kappa shape index (κ3) is 5.50. The van der Waals surface area contributed by atoms with Crippen LogP contribution in [-0.2, 0) is 0 Å². The number of amides is 1. The Morgan fingerprint density at radius 1 is 1.00 bits per heavy atom. The van der Waals surface area contributed by atoms with E-state index in [-0.39, 0.29) is 5.91 Å². The number of anilines is 1. The van der Waals surface area contributed by atoms with Gasteiger partial charge in [0.1, 0.15) is 0 Å². The first-order chi connectivity index (χ1) is 15.6. The molecule has 0 saturated carbocycles. The molecule has 1 aromatic heterocycles. The highest BCUT2D eigenvalue weighted by Crippen LogP contribution is 2.18. The molecule has 4 rings (SSSR count). The summed E-state index contributed by atoms with van der Waals surface area (Å²) in [5, 5.41) is 8.05. The van der Waals surface area contributed by atoms with Gasteiger partial charge in [0.05, 0.1) is 23.1 Å². The zero-order valence-electron chi connectivity index (χ0n) is 18.5. The molecule has 1 aliphatic heterocycles. The van der Waals surface area contributed by atoms with Crippen LogP contribution in [0.25, 0.3) is 5.69 Å². The van der Waals surface area contributed by atoms with Gasteiger partial charge in [0.2, 0.25) is 0 Å². The molecule has 6 nitrogen and oxygen atoms in total. The Bertz CT molecular complexity index is 1030. The topological polar surface area (TPSA) is 53.4 Å². The summed E-state index contributed by atoms with van der Waals surface area (Å²) in [7, 11) is 0. The summed E-state index contributed by atoms with van der Waals surface area (Å²) in [5.74, 6) is -0.0766. The number of nitrogens with zero attached hydrogens (tertiary/aromatic N) is 4. The second kappa shape index (κ2) is 10.7. The standard InChI is InChI=1S/C25H30ClN5O/c1-20-24(19-28-31(20)23-11-7-8-21(26)18-23)25(32)27-12-5-6-13-29-14-16-30(17-15-29)22-9-3-2-4-10-22/h2-4,7-11,18-19H,5-6,12-17H2,1H3,(H,27,32). The maximum atomic E-state index is 12.6. The lowest BCUT2D eigenvalue weighted by atomic mass is 10.2. The van der Waals surface area contributed by atoms with Crippen molar-refractivity contribution in [3.05, 3.63) is 77.1 Å². The molecule has 1 amide bonds. The maximum Gasteiger partial charge on any atom is 0.254 e. The molecule has 168 valence electrons. The summed E-state index contributed by atoms with van der Waals surface area (Å²) in [6, 6.07) is 18.1. The number of benzene rings is 2. The Kier molecular flexibility index (Phi) is 7.45. The highest BCUT2D eigenvalue weighted by molar-refractivity contribution is 6.30. The molecule has 0 spiro atoms. The van der Waals surface area contributed by atoms with Crippen molar-refractivity contribution in [3.8, 4) is 5.69 Å². The first-order valence-corrected chi connectivity index (χ1v) is 11.6. The molecule has 7 heteroatoms. The maximum absolute atomic E-state index is 12.6. The van der Waals surface area contributed by atoms with Crippen molar-refractivity contribution in [2.75, 3.05) is 44.2 Å². The number of aromatic nitrogens is 2. The van der Waals surface area contributed by atoms with Crippen molar-refractivity contribution in [1.82, 2.24) is 20.0 Å². The molecule has 1 saturated heterocycles. The minimum absolute atomic E-state index is 0.0766. The van der Waals surface area contributed by atoms with E-state index in [0.29, 0.717) is 17.1 Å². The Morgan fingerprint density at radius 2 is 1.75 bits per heavy atom. The van der Waals surface area contributed by atoms with E-state index < -0.39 is 0 Å². The van der Waals surface area contributed by atoms with Crippen molar-refractivity contribution in [2.24, 2.45) is 0 Å². The van der Waals surface area contributed by atoms with Gasteiger partial charge in [0.25, 0.3) is 5.91 Å². The molecule has 2 heterocycles. The fourth-order valence-electron chi connectivity index (χ4n) is 4.13. The number of unbranched alkanes of at least 4 members (excludes halogenated alkanes) is 1. The second-order valence-electron chi connectivity index (χ2n) is 8.16. The van der Waals surface area contributed by atoms with E-state index in [1.165, 1.54) is 5.69 Å². The first-order valence-electron chi connectivity index (χ1n) is 11.2. The fraction of sp³-hybridized carbons (Fsp3) is 0.360. The summed E-state index contributed by atoms with van der Waals surface area (Å²) in [5.41, 5.74) is 3.56. The molecular weight excluding hydrogens is 422 g/mol. The molecule has 0 radical (unpaired) electrons. The minimum Gasteiger partial charge on any atom is -0.369 e. The van der Waals surface area contributed by atoms with Gasteiger partial charge in [-0.2, -0.15) is 5.10 Å². The summed E-state index contributed by atoms with van der Waals surface area (Å²) >= 11 is 6.08. The van der Waals surface area contributed by atoms with E-state index in [2.05, 4.69) is 50.5 Å². The number of rotatable bonds is 8. The van der Waals surface area contributed by atoms with Gasteiger partial charge in [-0.1, -0.05) is 35.9 Å². The van der Waals surface area contributed by atoms with Crippen molar-refractivity contribution in [1.29, 1.82) is 0 Å². The van der Waals surface area contributed by atoms with E-state index in [0.717, 1.165) is 56.9 Å². The Balaban J connectivity index is 1.17. The number of piperazine rings is 1. The van der Waals surface area contributed by atoms with Gasteiger partial charge in [-0.05, 0) is 56.6 Å². The van der Waals surface area contributed by atoms with Crippen LogP contribution in [0.3, 0.4) is 0 Å².